The van der Waals surface area contributed by atoms with Crippen molar-refractivity contribution in [2.75, 3.05) is 16.0 Å². The van der Waals surface area contributed by atoms with E-state index in [1.807, 2.05) is 6.92 Å². The Bertz CT molecular complexity index is 846. The minimum absolute atomic E-state index is 0.172. The van der Waals surface area contributed by atoms with Gasteiger partial charge in [0.1, 0.15) is 5.82 Å². The highest BCUT2D eigenvalue weighted by molar-refractivity contribution is 6.06. The van der Waals surface area contributed by atoms with Crippen LogP contribution in [0.1, 0.15) is 36.7 Å². The van der Waals surface area contributed by atoms with Crippen LogP contribution in [0.15, 0.2) is 36.5 Å². The molecule has 2 aromatic rings. The second kappa shape index (κ2) is 8.24. The van der Waals surface area contributed by atoms with Crippen molar-refractivity contribution in [3.05, 3.63) is 47.7 Å². The molecule has 0 saturated heterocycles. The molecule has 26 heavy (non-hydrogen) atoms. The Kier molecular flexibility index (Phi) is 6.06. The first-order valence-electron chi connectivity index (χ1n) is 8.23. The van der Waals surface area contributed by atoms with E-state index in [4.69, 9.17) is 0 Å². The molecule has 3 N–H and O–H groups in total. The topological polar surface area (TPSA) is 100 Å². The van der Waals surface area contributed by atoms with Gasteiger partial charge in [-0.05, 0) is 36.8 Å². The van der Waals surface area contributed by atoms with Crippen LogP contribution in [0, 0.1) is 12.8 Å². The Labute approximate surface area is 152 Å². The van der Waals surface area contributed by atoms with Gasteiger partial charge in [0, 0.05) is 36.0 Å². The molecular formula is C19H22N4O3. The summed E-state index contributed by atoms with van der Waals surface area (Å²) >= 11 is 0. The minimum Gasteiger partial charge on any atom is -0.326 e. The van der Waals surface area contributed by atoms with Gasteiger partial charge in [-0.1, -0.05) is 19.9 Å². The standard InChI is InChI=1S/C19H22N4O3/c1-11(2)18(25)23-17-10-14(8-9-20-17)19(26)22-16-7-5-6-15(12(16)3)21-13(4)24/h5-11H,1-4H3,(H,21,24)(H,22,26)(H,20,23,25). The van der Waals surface area contributed by atoms with Gasteiger partial charge in [0.05, 0.1) is 0 Å². The highest BCUT2D eigenvalue weighted by atomic mass is 16.2. The summed E-state index contributed by atoms with van der Waals surface area (Å²) in [6.07, 6.45) is 1.46. The molecule has 0 radical (unpaired) electrons. The van der Waals surface area contributed by atoms with Crippen LogP contribution in [0.3, 0.4) is 0 Å². The van der Waals surface area contributed by atoms with Crippen LogP contribution in [0.25, 0.3) is 0 Å². The van der Waals surface area contributed by atoms with E-state index in [-0.39, 0.29) is 23.6 Å². The van der Waals surface area contributed by atoms with Crippen molar-refractivity contribution in [2.45, 2.75) is 27.7 Å². The average Bonchev–Trinajstić information content (AvgIpc) is 2.58. The van der Waals surface area contributed by atoms with E-state index in [1.165, 1.54) is 19.2 Å². The van der Waals surface area contributed by atoms with Gasteiger partial charge >= 0.3 is 0 Å². The predicted molar refractivity (Wildman–Crippen MR) is 101 cm³/mol. The average molecular weight is 354 g/mol. The maximum Gasteiger partial charge on any atom is 0.255 e. The van der Waals surface area contributed by atoms with E-state index >= 15 is 0 Å². The van der Waals surface area contributed by atoms with Crippen molar-refractivity contribution >= 4 is 34.9 Å². The lowest BCUT2D eigenvalue weighted by atomic mass is 10.1. The van der Waals surface area contributed by atoms with Gasteiger partial charge < -0.3 is 16.0 Å². The Morgan fingerprint density at radius 1 is 1.00 bits per heavy atom. The lowest BCUT2D eigenvalue weighted by Gasteiger charge is -2.13. The summed E-state index contributed by atoms with van der Waals surface area (Å²) in [6.45, 7) is 6.78. The van der Waals surface area contributed by atoms with E-state index in [9.17, 15) is 14.4 Å². The number of nitrogens with one attached hydrogen (secondary N) is 3. The van der Waals surface area contributed by atoms with Gasteiger partial charge in [-0.3, -0.25) is 14.4 Å². The van der Waals surface area contributed by atoms with Crippen LogP contribution in [-0.2, 0) is 9.59 Å². The molecule has 7 heteroatoms. The number of aromatic nitrogens is 1. The second-order valence-corrected chi connectivity index (χ2v) is 6.19. The molecule has 2 rings (SSSR count). The van der Waals surface area contributed by atoms with Crippen LogP contribution < -0.4 is 16.0 Å². The molecule has 1 aromatic heterocycles. The van der Waals surface area contributed by atoms with Gasteiger partial charge in [-0.2, -0.15) is 0 Å². The molecule has 0 atom stereocenters. The van der Waals surface area contributed by atoms with Crippen LogP contribution in [0.4, 0.5) is 17.2 Å². The Morgan fingerprint density at radius 2 is 1.65 bits per heavy atom. The van der Waals surface area contributed by atoms with Crippen LogP contribution >= 0.6 is 0 Å². The van der Waals surface area contributed by atoms with Crippen LogP contribution in [0.2, 0.25) is 0 Å². The fourth-order valence-corrected chi connectivity index (χ4v) is 2.20. The van der Waals surface area contributed by atoms with Crippen LogP contribution in [-0.4, -0.2) is 22.7 Å². The number of hydrogen-bond donors (Lipinski definition) is 3. The number of pyridine rings is 1. The zero-order valence-corrected chi connectivity index (χ0v) is 15.2. The lowest BCUT2D eigenvalue weighted by molar-refractivity contribution is -0.119. The third-order valence-corrected chi connectivity index (χ3v) is 3.69. The number of rotatable bonds is 5. The van der Waals surface area contributed by atoms with Gasteiger partial charge in [0.15, 0.2) is 0 Å². The summed E-state index contributed by atoms with van der Waals surface area (Å²) in [7, 11) is 0. The Balaban J connectivity index is 2.18. The molecule has 0 aliphatic rings. The van der Waals surface area contributed by atoms with Crippen molar-refractivity contribution < 1.29 is 14.4 Å². The molecule has 1 aromatic carbocycles. The zero-order chi connectivity index (χ0) is 19.3. The lowest BCUT2D eigenvalue weighted by Crippen LogP contribution is -2.19. The zero-order valence-electron chi connectivity index (χ0n) is 15.2. The van der Waals surface area contributed by atoms with Crippen LogP contribution in [0.5, 0.6) is 0 Å². The molecule has 7 nitrogen and oxygen atoms in total. The molecule has 0 saturated carbocycles. The first-order valence-corrected chi connectivity index (χ1v) is 8.23. The van der Waals surface area contributed by atoms with Gasteiger partial charge in [-0.15, -0.1) is 0 Å². The highest BCUT2D eigenvalue weighted by Gasteiger charge is 2.13. The Morgan fingerprint density at radius 3 is 2.27 bits per heavy atom. The molecule has 0 bridgehead atoms. The molecule has 0 aliphatic heterocycles. The van der Waals surface area contributed by atoms with Crippen molar-refractivity contribution in [1.82, 2.24) is 4.98 Å². The first kappa shape index (κ1) is 19.1. The summed E-state index contributed by atoms with van der Waals surface area (Å²) in [5, 5.41) is 8.20. The van der Waals surface area contributed by atoms with Gasteiger partial charge in [0.2, 0.25) is 11.8 Å². The third kappa shape index (κ3) is 4.89. The second-order valence-electron chi connectivity index (χ2n) is 6.19. The molecule has 3 amide bonds. The van der Waals surface area contributed by atoms with E-state index in [0.717, 1.165) is 5.56 Å². The molecule has 136 valence electrons. The van der Waals surface area contributed by atoms with E-state index in [0.29, 0.717) is 22.8 Å². The maximum atomic E-state index is 12.5. The number of carbonyl (C=O) groups excluding carboxylic acids is 3. The first-order chi connectivity index (χ1) is 12.3. The van der Waals surface area contributed by atoms with Crippen molar-refractivity contribution in [2.24, 2.45) is 5.92 Å². The largest absolute Gasteiger partial charge is 0.326 e. The summed E-state index contributed by atoms with van der Waals surface area (Å²) in [5.41, 5.74) is 2.34. The van der Waals surface area contributed by atoms with Crippen molar-refractivity contribution in [3.8, 4) is 0 Å². The molecular weight excluding hydrogens is 332 g/mol. The summed E-state index contributed by atoms with van der Waals surface area (Å²) in [5.74, 6) is -0.561. The number of hydrogen-bond acceptors (Lipinski definition) is 4. The molecule has 0 unspecified atom stereocenters. The Hall–Kier alpha value is -3.22. The molecule has 0 spiro atoms. The smallest absolute Gasteiger partial charge is 0.255 e. The number of benzene rings is 1. The summed E-state index contributed by atoms with van der Waals surface area (Å²) < 4.78 is 0. The molecule has 0 aliphatic carbocycles. The number of carbonyl (C=O) groups is 3. The maximum absolute atomic E-state index is 12.5. The minimum atomic E-state index is -0.337. The summed E-state index contributed by atoms with van der Waals surface area (Å²) in [4.78, 5) is 39.6. The van der Waals surface area contributed by atoms with Gasteiger partial charge in [-0.25, -0.2) is 4.98 Å². The fourth-order valence-electron chi connectivity index (χ4n) is 2.20. The SMILES string of the molecule is CC(=O)Nc1cccc(NC(=O)c2ccnc(NC(=O)C(C)C)c2)c1C. The van der Waals surface area contributed by atoms with Gasteiger partial charge in [0.25, 0.3) is 5.91 Å². The van der Waals surface area contributed by atoms with E-state index < -0.39 is 0 Å². The predicted octanol–water partition coefficient (Wildman–Crippen LogP) is 3.20. The number of amides is 3. The normalized spacial score (nSPS) is 10.3. The monoisotopic (exact) mass is 354 g/mol. The van der Waals surface area contributed by atoms with E-state index in [2.05, 4.69) is 20.9 Å². The fraction of sp³-hybridized carbons (Fsp3) is 0.263. The number of anilines is 3. The quantitative estimate of drug-likeness (QED) is 0.767. The van der Waals surface area contributed by atoms with Crippen molar-refractivity contribution in [1.29, 1.82) is 0 Å². The van der Waals surface area contributed by atoms with Crippen molar-refractivity contribution in [3.63, 3.8) is 0 Å². The van der Waals surface area contributed by atoms with E-state index in [1.54, 1.807) is 38.1 Å². The molecule has 1 heterocycles. The molecule has 0 fully saturated rings. The number of nitrogens with zero attached hydrogens (tertiary/aromatic N) is 1. The third-order valence-electron chi connectivity index (χ3n) is 3.69. The summed E-state index contributed by atoms with van der Waals surface area (Å²) in [6, 6.07) is 8.34. The highest BCUT2D eigenvalue weighted by Crippen LogP contribution is 2.24.